The molecule has 2 bridgehead atoms. The first-order valence-electron chi connectivity index (χ1n) is 8.54. The normalized spacial score (nSPS) is 30.5. The Hall–Kier alpha value is -0.930. The smallest absolute Gasteiger partial charge is 0.0419 e. The molecule has 3 unspecified atom stereocenters. The van der Waals surface area contributed by atoms with E-state index >= 15 is 0 Å². The third-order valence-electron chi connectivity index (χ3n) is 5.80. The van der Waals surface area contributed by atoms with Crippen LogP contribution in [0.3, 0.4) is 0 Å². The van der Waals surface area contributed by atoms with Gasteiger partial charge in [-0.25, -0.2) is 0 Å². The summed E-state index contributed by atoms with van der Waals surface area (Å²) in [5, 5.41) is 3.57. The molecule has 2 saturated heterocycles. The zero-order valence-electron chi connectivity index (χ0n) is 13.7. The van der Waals surface area contributed by atoms with Crippen LogP contribution >= 0.6 is 0 Å². The second-order valence-electron chi connectivity index (χ2n) is 6.89. The van der Waals surface area contributed by atoms with Gasteiger partial charge in [-0.2, -0.15) is 0 Å². The van der Waals surface area contributed by atoms with E-state index < -0.39 is 0 Å². The third kappa shape index (κ3) is 3.14. The lowest BCUT2D eigenvalue weighted by Gasteiger charge is -2.39. The molecule has 0 radical (unpaired) electrons. The lowest BCUT2D eigenvalue weighted by Crippen LogP contribution is -2.47. The summed E-state index contributed by atoms with van der Waals surface area (Å²) >= 11 is 0. The van der Waals surface area contributed by atoms with Gasteiger partial charge in [0.2, 0.25) is 0 Å². The van der Waals surface area contributed by atoms with Crippen molar-refractivity contribution in [2.45, 2.75) is 63.6 Å². The third-order valence-corrected chi connectivity index (χ3v) is 5.80. The van der Waals surface area contributed by atoms with Gasteiger partial charge in [0.05, 0.1) is 0 Å². The highest BCUT2D eigenvalue weighted by Crippen LogP contribution is 2.39. The lowest BCUT2D eigenvalue weighted by atomic mass is 9.83. The summed E-state index contributed by atoms with van der Waals surface area (Å²) in [6.45, 7) is 2.18. The second kappa shape index (κ2) is 6.45. The molecular formula is C18H29N3. The van der Waals surface area contributed by atoms with Crippen LogP contribution in [0.15, 0.2) is 18.3 Å². The van der Waals surface area contributed by atoms with Gasteiger partial charge in [0.15, 0.2) is 0 Å². The van der Waals surface area contributed by atoms with Crippen molar-refractivity contribution < 1.29 is 0 Å². The molecule has 1 aromatic heterocycles. The SMILES string of the molecule is CCc1ccc(CC(NC)C2CC3CCC(C2)N3C)nc1. The molecule has 0 saturated carbocycles. The lowest BCUT2D eigenvalue weighted by molar-refractivity contribution is 0.114. The Morgan fingerprint density at radius 2 is 2.00 bits per heavy atom. The molecule has 21 heavy (non-hydrogen) atoms. The summed E-state index contributed by atoms with van der Waals surface area (Å²) in [5.74, 6) is 0.802. The van der Waals surface area contributed by atoms with E-state index in [2.05, 4.69) is 48.4 Å². The molecule has 3 rings (SSSR count). The molecular weight excluding hydrogens is 258 g/mol. The van der Waals surface area contributed by atoms with E-state index in [1.165, 1.54) is 36.9 Å². The van der Waals surface area contributed by atoms with Gasteiger partial charge >= 0.3 is 0 Å². The molecule has 1 N–H and O–H groups in total. The highest BCUT2D eigenvalue weighted by molar-refractivity contribution is 5.15. The van der Waals surface area contributed by atoms with E-state index in [4.69, 9.17) is 0 Å². The molecule has 3 heterocycles. The number of likely N-dealkylation sites (N-methyl/N-ethyl adjacent to an activating group) is 1. The number of hydrogen-bond acceptors (Lipinski definition) is 3. The Kier molecular flexibility index (Phi) is 4.60. The van der Waals surface area contributed by atoms with Gasteiger partial charge in [0.25, 0.3) is 0 Å². The Bertz CT molecular complexity index is 442. The molecule has 0 spiro atoms. The fraction of sp³-hybridized carbons (Fsp3) is 0.722. The number of nitrogens with zero attached hydrogens (tertiary/aromatic N) is 2. The van der Waals surface area contributed by atoms with E-state index in [1.807, 2.05) is 6.20 Å². The van der Waals surface area contributed by atoms with E-state index in [9.17, 15) is 0 Å². The first-order valence-corrected chi connectivity index (χ1v) is 8.54. The molecule has 3 atom stereocenters. The number of hydrogen-bond donors (Lipinski definition) is 1. The zero-order valence-corrected chi connectivity index (χ0v) is 13.7. The highest BCUT2D eigenvalue weighted by atomic mass is 15.2. The molecule has 2 aliphatic heterocycles. The standard InChI is InChI=1S/C18H29N3/c1-4-13-5-6-15(20-12-13)11-18(19-2)14-9-16-7-8-17(10-14)21(16)3/h5-6,12,14,16-19H,4,7-11H2,1-3H3. The van der Waals surface area contributed by atoms with Gasteiger partial charge in [-0.1, -0.05) is 13.0 Å². The van der Waals surface area contributed by atoms with Crippen molar-refractivity contribution in [3.05, 3.63) is 29.6 Å². The fourth-order valence-electron chi connectivity index (χ4n) is 4.30. The minimum atomic E-state index is 0.571. The maximum atomic E-state index is 4.65. The van der Waals surface area contributed by atoms with Gasteiger partial charge in [0.1, 0.15) is 0 Å². The molecule has 116 valence electrons. The Morgan fingerprint density at radius 3 is 2.52 bits per heavy atom. The largest absolute Gasteiger partial charge is 0.316 e. The maximum absolute atomic E-state index is 4.65. The van der Waals surface area contributed by atoms with Gasteiger partial charge in [-0.15, -0.1) is 0 Å². The number of fused-ring (bicyclic) bond motifs is 2. The van der Waals surface area contributed by atoms with Gasteiger partial charge in [-0.05, 0) is 63.7 Å². The van der Waals surface area contributed by atoms with E-state index in [0.29, 0.717) is 6.04 Å². The molecule has 3 heteroatoms. The average Bonchev–Trinajstić information content (AvgIpc) is 2.75. The zero-order chi connectivity index (χ0) is 14.8. The summed E-state index contributed by atoms with van der Waals surface area (Å²) in [4.78, 5) is 7.27. The minimum Gasteiger partial charge on any atom is -0.316 e. The van der Waals surface area contributed by atoms with Crippen molar-refractivity contribution >= 4 is 0 Å². The number of aryl methyl sites for hydroxylation is 1. The molecule has 2 fully saturated rings. The molecule has 1 aromatic rings. The fourth-order valence-corrected chi connectivity index (χ4v) is 4.30. The molecule has 0 aliphatic carbocycles. The van der Waals surface area contributed by atoms with Gasteiger partial charge < -0.3 is 10.2 Å². The van der Waals surface area contributed by atoms with Crippen molar-refractivity contribution in [3.63, 3.8) is 0 Å². The number of aromatic nitrogens is 1. The number of piperidine rings is 1. The number of pyridine rings is 1. The van der Waals surface area contributed by atoms with Crippen LogP contribution in [0.5, 0.6) is 0 Å². The summed E-state index contributed by atoms with van der Waals surface area (Å²) in [6.07, 6.45) is 9.68. The second-order valence-corrected chi connectivity index (χ2v) is 6.89. The molecule has 0 aromatic carbocycles. The van der Waals surface area contributed by atoms with Crippen LogP contribution in [-0.4, -0.2) is 42.1 Å². The van der Waals surface area contributed by atoms with Crippen LogP contribution in [0.4, 0.5) is 0 Å². The molecule has 0 amide bonds. The van der Waals surface area contributed by atoms with Crippen molar-refractivity contribution in [1.82, 2.24) is 15.2 Å². The average molecular weight is 287 g/mol. The summed E-state index contributed by atoms with van der Waals surface area (Å²) < 4.78 is 0. The van der Waals surface area contributed by atoms with Crippen LogP contribution in [0.1, 0.15) is 43.9 Å². The van der Waals surface area contributed by atoms with Gasteiger partial charge in [0, 0.05) is 36.4 Å². The quantitative estimate of drug-likeness (QED) is 0.902. The van der Waals surface area contributed by atoms with E-state index in [1.54, 1.807) is 0 Å². The van der Waals surface area contributed by atoms with E-state index in [0.717, 1.165) is 30.8 Å². The summed E-state index contributed by atoms with van der Waals surface area (Å²) in [5.41, 5.74) is 2.56. The highest BCUT2D eigenvalue weighted by Gasteiger charge is 2.40. The van der Waals surface area contributed by atoms with Crippen molar-refractivity contribution in [2.24, 2.45) is 5.92 Å². The number of rotatable bonds is 5. The topological polar surface area (TPSA) is 28.2 Å². The Balaban J connectivity index is 1.65. The Morgan fingerprint density at radius 1 is 1.29 bits per heavy atom. The maximum Gasteiger partial charge on any atom is 0.0419 e. The van der Waals surface area contributed by atoms with Crippen LogP contribution in [0, 0.1) is 5.92 Å². The van der Waals surface area contributed by atoms with Crippen LogP contribution < -0.4 is 5.32 Å². The van der Waals surface area contributed by atoms with Crippen LogP contribution in [0.25, 0.3) is 0 Å². The van der Waals surface area contributed by atoms with E-state index in [-0.39, 0.29) is 0 Å². The first kappa shape index (κ1) is 15.0. The monoisotopic (exact) mass is 287 g/mol. The molecule has 2 aliphatic rings. The predicted molar refractivity (Wildman–Crippen MR) is 87.5 cm³/mol. The van der Waals surface area contributed by atoms with Crippen molar-refractivity contribution in [3.8, 4) is 0 Å². The predicted octanol–water partition coefficient (Wildman–Crippen LogP) is 2.65. The van der Waals surface area contributed by atoms with Crippen LogP contribution in [0.2, 0.25) is 0 Å². The van der Waals surface area contributed by atoms with Crippen molar-refractivity contribution in [2.75, 3.05) is 14.1 Å². The summed E-state index contributed by atoms with van der Waals surface area (Å²) in [6, 6.07) is 6.65. The first-order chi connectivity index (χ1) is 10.2. The van der Waals surface area contributed by atoms with Crippen LogP contribution in [-0.2, 0) is 12.8 Å². The molecule has 3 nitrogen and oxygen atoms in total. The number of nitrogens with one attached hydrogen (secondary N) is 1. The minimum absolute atomic E-state index is 0.571. The van der Waals surface area contributed by atoms with Crippen molar-refractivity contribution in [1.29, 1.82) is 0 Å². The Labute approximate surface area is 129 Å². The van der Waals surface area contributed by atoms with Gasteiger partial charge in [-0.3, -0.25) is 4.98 Å². The summed E-state index contributed by atoms with van der Waals surface area (Å²) in [7, 11) is 4.43.